The van der Waals surface area contributed by atoms with Gasteiger partial charge in [-0.15, -0.1) is 11.3 Å². The lowest BCUT2D eigenvalue weighted by molar-refractivity contribution is 0.868. The standard InChI is InChI=1S/C26H22ClN5S/c1-15-9-21(13-28-26(15)27)19-6-4-5-18(10-19)16(2)30-25-12-23(31-17(3)32-25)20-7-8-22-24(11-20)33-14-29-22/h4-14,16H,1-3H3,(H,30,31,32)/t16-/m0/s1. The summed E-state index contributed by atoms with van der Waals surface area (Å²) in [4.78, 5) is 17.9. The summed E-state index contributed by atoms with van der Waals surface area (Å²) in [7, 11) is 0. The Bertz CT molecular complexity index is 1460. The molecule has 3 heterocycles. The highest BCUT2D eigenvalue weighted by atomic mass is 35.5. The molecule has 0 amide bonds. The predicted octanol–water partition coefficient (Wildman–Crippen LogP) is 7.26. The van der Waals surface area contributed by atoms with Crippen LogP contribution in [-0.4, -0.2) is 19.9 Å². The van der Waals surface area contributed by atoms with Crippen LogP contribution in [0.15, 0.2) is 66.3 Å². The van der Waals surface area contributed by atoms with Crippen molar-refractivity contribution in [3.05, 3.63) is 88.4 Å². The third kappa shape index (κ3) is 4.58. The van der Waals surface area contributed by atoms with E-state index >= 15 is 0 Å². The lowest BCUT2D eigenvalue weighted by atomic mass is 10.0. The van der Waals surface area contributed by atoms with Crippen molar-refractivity contribution in [2.75, 3.05) is 5.32 Å². The van der Waals surface area contributed by atoms with Crippen LogP contribution in [0.25, 0.3) is 32.6 Å². The molecule has 5 aromatic rings. The summed E-state index contributed by atoms with van der Waals surface area (Å²) in [5.41, 5.74) is 9.09. The summed E-state index contributed by atoms with van der Waals surface area (Å²) in [6.07, 6.45) is 1.81. The average molecular weight is 472 g/mol. The Morgan fingerprint density at radius 3 is 2.64 bits per heavy atom. The molecule has 0 aliphatic rings. The molecular weight excluding hydrogens is 450 g/mol. The topological polar surface area (TPSA) is 63.6 Å². The first-order valence-electron chi connectivity index (χ1n) is 10.6. The van der Waals surface area contributed by atoms with E-state index in [9.17, 15) is 0 Å². The minimum atomic E-state index is 0.0532. The predicted molar refractivity (Wildman–Crippen MR) is 137 cm³/mol. The molecule has 5 rings (SSSR count). The molecule has 1 atom stereocenters. The Morgan fingerprint density at radius 1 is 0.909 bits per heavy atom. The van der Waals surface area contributed by atoms with Crippen LogP contribution < -0.4 is 5.32 Å². The number of nitrogens with zero attached hydrogens (tertiary/aromatic N) is 4. The monoisotopic (exact) mass is 471 g/mol. The lowest BCUT2D eigenvalue weighted by Crippen LogP contribution is -2.09. The van der Waals surface area contributed by atoms with E-state index < -0.39 is 0 Å². The van der Waals surface area contributed by atoms with Crippen molar-refractivity contribution < 1.29 is 0 Å². The zero-order chi connectivity index (χ0) is 22.9. The summed E-state index contributed by atoms with van der Waals surface area (Å²) in [5.74, 6) is 1.52. The molecule has 0 aliphatic heterocycles. The molecule has 1 N–H and O–H groups in total. The first kappa shape index (κ1) is 21.5. The van der Waals surface area contributed by atoms with Gasteiger partial charge in [0.1, 0.15) is 16.8 Å². The normalized spacial score (nSPS) is 12.1. The van der Waals surface area contributed by atoms with E-state index in [1.807, 2.05) is 37.7 Å². The molecule has 0 bridgehead atoms. The minimum Gasteiger partial charge on any atom is -0.363 e. The van der Waals surface area contributed by atoms with Crippen LogP contribution in [0.3, 0.4) is 0 Å². The van der Waals surface area contributed by atoms with Crippen LogP contribution in [0.1, 0.15) is 29.9 Å². The number of rotatable bonds is 5. The number of aryl methyl sites for hydroxylation is 2. The van der Waals surface area contributed by atoms with Gasteiger partial charge in [-0.1, -0.05) is 35.9 Å². The molecule has 33 heavy (non-hydrogen) atoms. The summed E-state index contributed by atoms with van der Waals surface area (Å²) < 4.78 is 1.15. The summed E-state index contributed by atoms with van der Waals surface area (Å²) in [6.45, 7) is 6.01. The van der Waals surface area contributed by atoms with Gasteiger partial charge >= 0.3 is 0 Å². The quantitative estimate of drug-likeness (QED) is 0.273. The van der Waals surface area contributed by atoms with Gasteiger partial charge in [0.15, 0.2) is 0 Å². The number of pyridine rings is 1. The Hall–Kier alpha value is -3.35. The van der Waals surface area contributed by atoms with Gasteiger partial charge in [0, 0.05) is 29.4 Å². The number of nitrogens with one attached hydrogen (secondary N) is 1. The van der Waals surface area contributed by atoms with Crippen LogP contribution in [0.5, 0.6) is 0 Å². The summed E-state index contributed by atoms with van der Waals surface area (Å²) >= 11 is 7.73. The number of hydrogen-bond acceptors (Lipinski definition) is 6. The van der Waals surface area contributed by atoms with Crippen molar-refractivity contribution in [1.82, 2.24) is 19.9 Å². The first-order valence-corrected chi connectivity index (χ1v) is 11.9. The van der Waals surface area contributed by atoms with Gasteiger partial charge in [0.25, 0.3) is 0 Å². The van der Waals surface area contributed by atoms with E-state index in [4.69, 9.17) is 11.6 Å². The maximum Gasteiger partial charge on any atom is 0.131 e. The summed E-state index contributed by atoms with van der Waals surface area (Å²) in [6, 6.07) is 18.8. The van der Waals surface area contributed by atoms with Gasteiger partial charge in [-0.2, -0.15) is 0 Å². The number of halogens is 1. The van der Waals surface area contributed by atoms with Crippen molar-refractivity contribution in [2.45, 2.75) is 26.8 Å². The first-order chi connectivity index (χ1) is 16.0. The van der Waals surface area contributed by atoms with Gasteiger partial charge < -0.3 is 5.32 Å². The molecule has 3 aromatic heterocycles. The zero-order valence-electron chi connectivity index (χ0n) is 18.5. The molecule has 0 aliphatic carbocycles. The van der Waals surface area contributed by atoms with Gasteiger partial charge in [0.05, 0.1) is 21.4 Å². The second-order valence-electron chi connectivity index (χ2n) is 8.04. The van der Waals surface area contributed by atoms with Crippen molar-refractivity contribution >= 4 is 39.0 Å². The Morgan fingerprint density at radius 2 is 1.79 bits per heavy atom. The van der Waals surface area contributed by atoms with Crippen LogP contribution >= 0.6 is 22.9 Å². The molecule has 0 radical (unpaired) electrons. The number of hydrogen-bond donors (Lipinski definition) is 1. The molecule has 5 nitrogen and oxygen atoms in total. The third-order valence-electron chi connectivity index (χ3n) is 5.56. The number of anilines is 1. The van der Waals surface area contributed by atoms with E-state index in [0.717, 1.165) is 55.4 Å². The maximum atomic E-state index is 6.10. The van der Waals surface area contributed by atoms with Gasteiger partial charge in [-0.05, 0) is 61.7 Å². The highest BCUT2D eigenvalue weighted by Gasteiger charge is 2.12. The molecule has 0 fully saturated rings. The zero-order valence-corrected chi connectivity index (χ0v) is 20.1. The fourth-order valence-electron chi connectivity index (χ4n) is 3.81. The molecule has 0 saturated heterocycles. The molecule has 2 aromatic carbocycles. The van der Waals surface area contributed by atoms with E-state index in [2.05, 4.69) is 74.6 Å². The molecule has 164 valence electrons. The average Bonchev–Trinajstić information content (AvgIpc) is 3.28. The van der Waals surface area contributed by atoms with Crippen LogP contribution in [0, 0.1) is 13.8 Å². The van der Waals surface area contributed by atoms with Crippen molar-refractivity contribution in [3.63, 3.8) is 0 Å². The number of aromatic nitrogens is 4. The van der Waals surface area contributed by atoms with Gasteiger partial charge in [-0.25, -0.2) is 19.9 Å². The van der Waals surface area contributed by atoms with Crippen LogP contribution in [0.2, 0.25) is 5.15 Å². The second-order valence-corrected chi connectivity index (χ2v) is 9.29. The Balaban J connectivity index is 1.42. The Labute approximate surface area is 201 Å². The second kappa shape index (κ2) is 8.89. The highest BCUT2D eigenvalue weighted by Crippen LogP contribution is 2.29. The molecule has 0 unspecified atom stereocenters. The van der Waals surface area contributed by atoms with E-state index in [1.165, 1.54) is 0 Å². The SMILES string of the molecule is Cc1nc(N[C@@H](C)c2cccc(-c3cnc(Cl)c(C)c3)c2)cc(-c2ccc3ncsc3c2)n1. The smallest absolute Gasteiger partial charge is 0.131 e. The van der Waals surface area contributed by atoms with Crippen molar-refractivity contribution in [2.24, 2.45) is 0 Å². The van der Waals surface area contributed by atoms with Crippen LogP contribution in [-0.2, 0) is 0 Å². The Kier molecular flexibility index (Phi) is 5.79. The van der Waals surface area contributed by atoms with E-state index in [0.29, 0.717) is 5.15 Å². The maximum absolute atomic E-state index is 6.10. The molecule has 0 spiro atoms. The van der Waals surface area contributed by atoms with E-state index in [1.54, 1.807) is 11.3 Å². The van der Waals surface area contributed by atoms with Crippen LogP contribution in [0.4, 0.5) is 5.82 Å². The lowest BCUT2D eigenvalue weighted by Gasteiger charge is -2.17. The third-order valence-corrected chi connectivity index (χ3v) is 6.75. The summed E-state index contributed by atoms with van der Waals surface area (Å²) in [5, 5.41) is 4.08. The van der Waals surface area contributed by atoms with Crippen molar-refractivity contribution in [3.8, 4) is 22.4 Å². The molecule has 0 saturated carbocycles. The fourth-order valence-corrected chi connectivity index (χ4v) is 4.63. The largest absolute Gasteiger partial charge is 0.363 e. The number of fused-ring (bicyclic) bond motifs is 1. The number of thiazole rings is 1. The van der Waals surface area contributed by atoms with E-state index in [-0.39, 0.29) is 6.04 Å². The fraction of sp³-hybridized carbons (Fsp3) is 0.154. The number of benzene rings is 2. The van der Waals surface area contributed by atoms with Crippen molar-refractivity contribution in [1.29, 1.82) is 0 Å². The molecular formula is C26H22ClN5S. The molecule has 7 heteroatoms. The minimum absolute atomic E-state index is 0.0532. The highest BCUT2D eigenvalue weighted by molar-refractivity contribution is 7.16. The van der Waals surface area contributed by atoms with Gasteiger partial charge in [-0.3, -0.25) is 0 Å². The van der Waals surface area contributed by atoms with Gasteiger partial charge in [0.2, 0.25) is 0 Å².